The summed E-state index contributed by atoms with van der Waals surface area (Å²) >= 11 is 2.70. The van der Waals surface area contributed by atoms with Gasteiger partial charge in [-0.3, -0.25) is 9.59 Å². The number of hydrogen-bond acceptors (Lipinski definition) is 6. The molecule has 2 aromatic carbocycles. The first-order chi connectivity index (χ1) is 15.0. The van der Waals surface area contributed by atoms with E-state index in [4.69, 9.17) is 4.74 Å². The van der Waals surface area contributed by atoms with Crippen molar-refractivity contribution in [1.29, 1.82) is 0 Å². The van der Waals surface area contributed by atoms with Crippen molar-refractivity contribution < 1.29 is 19.1 Å². The van der Waals surface area contributed by atoms with E-state index < -0.39 is 17.9 Å². The van der Waals surface area contributed by atoms with Gasteiger partial charge in [0.15, 0.2) is 5.12 Å². The molecule has 0 fully saturated rings. The zero-order chi connectivity index (χ0) is 22.5. The lowest BCUT2D eigenvalue weighted by Crippen LogP contribution is -2.47. The predicted molar refractivity (Wildman–Crippen MR) is 128 cm³/mol. The van der Waals surface area contributed by atoms with Gasteiger partial charge in [-0.25, -0.2) is 4.79 Å². The molecule has 0 aliphatic rings. The molecule has 0 aliphatic heterocycles. The van der Waals surface area contributed by atoms with Crippen LogP contribution >= 0.6 is 23.5 Å². The van der Waals surface area contributed by atoms with Crippen molar-refractivity contribution in [2.24, 2.45) is 5.92 Å². The van der Waals surface area contributed by atoms with Gasteiger partial charge in [0.1, 0.15) is 6.04 Å². The number of thioether (sulfide) groups is 2. The van der Waals surface area contributed by atoms with E-state index in [2.05, 4.69) is 5.32 Å². The van der Waals surface area contributed by atoms with Crippen LogP contribution in [0.15, 0.2) is 60.7 Å². The van der Waals surface area contributed by atoms with Gasteiger partial charge in [-0.05, 0) is 24.5 Å². The average Bonchev–Trinajstić information content (AvgIpc) is 2.77. The molecule has 2 atom stereocenters. The molecule has 0 aromatic heterocycles. The number of carbonyl (C=O) groups excluding carboxylic acids is 3. The Kier molecular flexibility index (Phi) is 11.2. The minimum Gasteiger partial charge on any atom is -0.464 e. The van der Waals surface area contributed by atoms with Crippen LogP contribution in [0.2, 0.25) is 0 Å². The number of nitrogens with one attached hydrogen (secondary N) is 1. The standard InChI is InChI=1S/C24H29NO4S2/c1-3-29-24(28)22(17-30-15-20-12-8-5-9-13-20)25-23(27)21(16-31-18(2)26)14-19-10-6-4-7-11-19/h4-13,21-22H,3,14-17H2,1-2H3,(H,25,27)/t21-,22-/m1/s1. The number of ether oxygens (including phenoxy) is 1. The fourth-order valence-corrected chi connectivity index (χ4v) is 4.62. The van der Waals surface area contributed by atoms with Crippen LogP contribution in [-0.4, -0.2) is 41.1 Å². The fourth-order valence-electron chi connectivity index (χ4n) is 2.91. The van der Waals surface area contributed by atoms with E-state index in [1.165, 1.54) is 6.92 Å². The van der Waals surface area contributed by atoms with Crippen LogP contribution in [0.1, 0.15) is 25.0 Å². The maximum atomic E-state index is 13.1. The molecule has 2 aromatic rings. The highest BCUT2D eigenvalue weighted by Gasteiger charge is 2.27. The van der Waals surface area contributed by atoms with Crippen LogP contribution in [0.3, 0.4) is 0 Å². The van der Waals surface area contributed by atoms with Gasteiger partial charge in [0.25, 0.3) is 0 Å². The average molecular weight is 460 g/mol. The molecule has 0 radical (unpaired) electrons. The van der Waals surface area contributed by atoms with Gasteiger partial charge in [-0.15, -0.1) is 0 Å². The van der Waals surface area contributed by atoms with Crippen molar-refractivity contribution in [1.82, 2.24) is 5.32 Å². The van der Waals surface area contributed by atoms with Gasteiger partial charge >= 0.3 is 5.97 Å². The van der Waals surface area contributed by atoms with E-state index in [1.807, 2.05) is 60.7 Å². The van der Waals surface area contributed by atoms with Crippen LogP contribution in [-0.2, 0) is 31.3 Å². The minimum atomic E-state index is -0.734. The van der Waals surface area contributed by atoms with E-state index in [-0.39, 0.29) is 17.6 Å². The van der Waals surface area contributed by atoms with Crippen molar-refractivity contribution in [3.63, 3.8) is 0 Å². The summed E-state index contributed by atoms with van der Waals surface area (Å²) in [5, 5.41) is 2.84. The van der Waals surface area contributed by atoms with Gasteiger partial charge in [-0.2, -0.15) is 11.8 Å². The third-order valence-corrected chi connectivity index (χ3v) is 6.55. The molecule has 0 bridgehead atoms. The highest BCUT2D eigenvalue weighted by atomic mass is 32.2. The first kappa shape index (κ1) is 25.0. The second-order valence-corrected chi connectivity index (χ2v) is 9.23. The minimum absolute atomic E-state index is 0.0359. The predicted octanol–water partition coefficient (Wildman–Crippen LogP) is 4.11. The first-order valence-corrected chi connectivity index (χ1v) is 12.4. The number of carbonyl (C=O) groups is 3. The quantitative estimate of drug-likeness (QED) is 0.482. The molecule has 1 N–H and O–H groups in total. The van der Waals surface area contributed by atoms with Crippen LogP contribution in [0.5, 0.6) is 0 Å². The zero-order valence-electron chi connectivity index (χ0n) is 17.9. The lowest BCUT2D eigenvalue weighted by molar-refractivity contribution is -0.147. The first-order valence-electron chi connectivity index (χ1n) is 10.3. The molecule has 0 saturated heterocycles. The molecule has 7 heteroatoms. The summed E-state index contributed by atoms with van der Waals surface area (Å²) in [7, 11) is 0. The Morgan fingerprint density at radius 2 is 1.55 bits per heavy atom. The van der Waals surface area contributed by atoms with Gasteiger partial charge < -0.3 is 10.1 Å². The Morgan fingerprint density at radius 1 is 0.935 bits per heavy atom. The summed E-state index contributed by atoms with van der Waals surface area (Å²) in [6, 6.07) is 18.9. The summed E-state index contributed by atoms with van der Waals surface area (Å²) in [4.78, 5) is 37.0. The number of esters is 1. The molecule has 0 unspecified atom stereocenters. The molecule has 2 rings (SSSR count). The largest absolute Gasteiger partial charge is 0.464 e. The summed E-state index contributed by atoms with van der Waals surface area (Å²) in [5.41, 5.74) is 2.17. The highest BCUT2D eigenvalue weighted by molar-refractivity contribution is 8.13. The normalized spacial score (nSPS) is 12.6. The maximum absolute atomic E-state index is 13.1. The van der Waals surface area contributed by atoms with Crippen LogP contribution < -0.4 is 5.32 Å². The van der Waals surface area contributed by atoms with Crippen LogP contribution in [0.4, 0.5) is 0 Å². The van der Waals surface area contributed by atoms with Crippen molar-refractivity contribution in [3.8, 4) is 0 Å². The lowest BCUT2D eigenvalue weighted by atomic mass is 10.00. The summed E-state index contributed by atoms with van der Waals surface area (Å²) in [6.45, 7) is 3.49. The number of rotatable bonds is 12. The molecule has 0 saturated carbocycles. The van der Waals surface area contributed by atoms with Gasteiger partial charge in [-0.1, -0.05) is 72.4 Å². The van der Waals surface area contributed by atoms with E-state index in [0.29, 0.717) is 17.9 Å². The fraction of sp³-hybridized carbons (Fsp3) is 0.375. The smallest absolute Gasteiger partial charge is 0.329 e. The molecule has 0 aliphatic carbocycles. The van der Waals surface area contributed by atoms with Gasteiger partial charge in [0.2, 0.25) is 5.91 Å². The summed E-state index contributed by atoms with van der Waals surface area (Å²) in [5.74, 6) is 0.415. The van der Waals surface area contributed by atoms with E-state index in [0.717, 1.165) is 28.6 Å². The Hall–Kier alpha value is -2.25. The topological polar surface area (TPSA) is 72.5 Å². The van der Waals surface area contributed by atoms with Crippen molar-refractivity contribution in [3.05, 3.63) is 71.8 Å². The molecule has 166 valence electrons. The molecule has 1 amide bonds. The molecule has 5 nitrogen and oxygen atoms in total. The van der Waals surface area contributed by atoms with Crippen molar-refractivity contribution in [2.75, 3.05) is 18.1 Å². The van der Waals surface area contributed by atoms with Crippen LogP contribution in [0.25, 0.3) is 0 Å². The Bertz CT molecular complexity index is 830. The molecule has 0 heterocycles. The molecule has 0 spiro atoms. The highest BCUT2D eigenvalue weighted by Crippen LogP contribution is 2.18. The Labute approximate surface area is 192 Å². The SMILES string of the molecule is CCOC(=O)[C@@H](CSCc1ccccc1)NC(=O)[C@@H](CSC(C)=O)Cc1ccccc1. The molecular formula is C24H29NO4S2. The van der Waals surface area contributed by atoms with Crippen LogP contribution in [0, 0.1) is 5.92 Å². The molecule has 31 heavy (non-hydrogen) atoms. The second-order valence-electron chi connectivity index (χ2n) is 7.00. The monoisotopic (exact) mass is 459 g/mol. The maximum Gasteiger partial charge on any atom is 0.329 e. The number of amides is 1. The van der Waals surface area contributed by atoms with Gasteiger partial charge in [0, 0.05) is 24.2 Å². The second kappa shape index (κ2) is 13.9. The van der Waals surface area contributed by atoms with Gasteiger partial charge in [0.05, 0.1) is 12.5 Å². The molecular weight excluding hydrogens is 430 g/mol. The summed E-state index contributed by atoms with van der Waals surface area (Å²) < 4.78 is 5.18. The van der Waals surface area contributed by atoms with E-state index in [1.54, 1.807) is 18.7 Å². The lowest BCUT2D eigenvalue weighted by Gasteiger charge is -2.21. The third-order valence-electron chi connectivity index (χ3n) is 4.47. The number of benzene rings is 2. The zero-order valence-corrected chi connectivity index (χ0v) is 19.5. The Morgan fingerprint density at radius 3 is 2.13 bits per heavy atom. The van der Waals surface area contributed by atoms with Crippen molar-refractivity contribution in [2.45, 2.75) is 32.1 Å². The third kappa shape index (κ3) is 9.61. The summed E-state index contributed by atoms with van der Waals surface area (Å²) in [6.07, 6.45) is 0.500. The van der Waals surface area contributed by atoms with Crippen molar-refractivity contribution >= 4 is 40.5 Å². The van der Waals surface area contributed by atoms with E-state index in [9.17, 15) is 14.4 Å². The van der Waals surface area contributed by atoms with E-state index >= 15 is 0 Å². The Balaban J connectivity index is 2.03. The number of hydrogen-bond donors (Lipinski definition) is 1.